The van der Waals surface area contributed by atoms with E-state index < -0.39 is 0 Å². The molecule has 0 aromatic carbocycles. The highest BCUT2D eigenvalue weighted by Crippen LogP contribution is 2.28. The third-order valence-corrected chi connectivity index (χ3v) is 5.00. The van der Waals surface area contributed by atoms with E-state index in [0.717, 1.165) is 31.6 Å². The molecular weight excluding hydrogens is 220 g/mol. The Bertz CT molecular complexity index is 241. The third-order valence-electron chi connectivity index (χ3n) is 3.64. The molecule has 2 heterocycles. The summed E-state index contributed by atoms with van der Waals surface area (Å²) >= 11 is 1.85. The zero-order valence-corrected chi connectivity index (χ0v) is 10.7. The lowest BCUT2D eigenvalue weighted by atomic mass is 10.0. The summed E-state index contributed by atoms with van der Waals surface area (Å²) in [5.74, 6) is 1.51. The van der Waals surface area contributed by atoms with Crippen LogP contribution in [0.1, 0.15) is 38.5 Å². The van der Waals surface area contributed by atoms with Gasteiger partial charge in [0.1, 0.15) is 0 Å². The van der Waals surface area contributed by atoms with Gasteiger partial charge in [-0.2, -0.15) is 0 Å². The number of nitrogens with zero attached hydrogens (tertiary/aromatic N) is 1. The fourth-order valence-corrected chi connectivity index (χ4v) is 3.92. The van der Waals surface area contributed by atoms with Gasteiger partial charge in [0.05, 0.1) is 5.25 Å². The van der Waals surface area contributed by atoms with Crippen molar-refractivity contribution in [1.29, 1.82) is 0 Å². The van der Waals surface area contributed by atoms with E-state index in [1.807, 2.05) is 11.8 Å². The van der Waals surface area contributed by atoms with Crippen molar-refractivity contribution in [2.24, 2.45) is 5.73 Å². The Morgan fingerprint density at radius 3 is 2.75 bits per heavy atom. The lowest BCUT2D eigenvalue weighted by molar-refractivity contribution is -0.134. The van der Waals surface area contributed by atoms with Crippen molar-refractivity contribution in [2.75, 3.05) is 18.8 Å². The van der Waals surface area contributed by atoms with E-state index in [4.69, 9.17) is 5.73 Å². The largest absolute Gasteiger partial charge is 0.337 e. The van der Waals surface area contributed by atoms with Crippen molar-refractivity contribution in [3.63, 3.8) is 0 Å². The maximum Gasteiger partial charge on any atom is 0.235 e. The normalized spacial score (nSPS) is 31.4. The number of likely N-dealkylation sites (tertiary alicyclic amines) is 1. The van der Waals surface area contributed by atoms with E-state index in [2.05, 4.69) is 4.90 Å². The molecule has 1 amide bonds. The average molecular weight is 242 g/mol. The van der Waals surface area contributed by atoms with Crippen LogP contribution in [0.5, 0.6) is 0 Å². The van der Waals surface area contributed by atoms with E-state index in [-0.39, 0.29) is 5.25 Å². The number of piperidine rings is 1. The minimum atomic E-state index is 0.223. The summed E-state index contributed by atoms with van der Waals surface area (Å²) in [4.78, 5) is 14.4. The summed E-state index contributed by atoms with van der Waals surface area (Å²) in [6.07, 6.45) is 7.03. The fourth-order valence-electron chi connectivity index (χ4n) is 2.66. The van der Waals surface area contributed by atoms with Gasteiger partial charge in [0.25, 0.3) is 0 Å². The van der Waals surface area contributed by atoms with Crippen LogP contribution in [0.4, 0.5) is 0 Å². The minimum absolute atomic E-state index is 0.223. The van der Waals surface area contributed by atoms with Gasteiger partial charge in [0, 0.05) is 19.1 Å². The van der Waals surface area contributed by atoms with Gasteiger partial charge >= 0.3 is 0 Å². The minimum Gasteiger partial charge on any atom is -0.337 e. The highest BCUT2D eigenvalue weighted by Gasteiger charge is 2.31. The first-order valence-electron chi connectivity index (χ1n) is 6.45. The van der Waals surface area contributed by atoms with Crippen LogP contribution in [0.25, 0.3) is 0 Å². The van der Waals surface area contributed by atoms with Crippen LogP contribution >= 0.6 is 11.8 Å². The number of rotatable bonds is 2. The molecule has 0 aliphatic carbocycles. The predicted molar refractivity (Wildman–Crippen MR) is 68.5 cm³/mol. The number of hydrogen-bond acceptors (Lipinski definition) is 3. The molecule has 2 atom stereocenters. The van der Waals surface area contributed by atoms with Gasteiger partial charge in [-0.15, -0.1) is 11.8 Å². The second-order valence-corrected chi connectivity index (χ2v) is 6.08. The van der Waals surface area contributed by atoms with Crippen LogP contribution in [0.15, 0.2) is 0 Å². The average Bonchev–Trinajstić information content (AvgIpc) is 2.39. The molecule has 2 saturated heterocycles. The van der Waals surface area contributed by atoms with Gasteiger partial charge < -0.3 is 10.6 Å². The summed E-state index contributed by atoms with van der Waals surface area (Å²) in [6, 6.07) is 0.309. The summed E-state index contributed by atoms with van der Waals surface area (Å²) in [6.45, 7) is 1.56. The van der Waals surface area contributed by atoms with Gasteiger partial charge in [0.15, 0.2) is 0 Å². The lowest BCUT2D eigenvalue weighted by Gasteiger charge is -2.37. The Morgan fingerprint density at radius 2 is 2.06 bits per heavy atom. The molecule has 2 fully saturated rings. The number of thioether (sulfide) groups is 1. The van der Waals surface area contributed by atoms with Gasteiger partial charge in [0.2, 0.25) is 5.91 Å². The second-order valence-electron chi connectivity index (χ2n) is 4.77. The molecule has 2 rings (SSSR count). The van der Waals surface area contributed by atoms with E-state index in [1.54, 1.807) is 0 Å². The standard InChI is InChI=1S/C12H22N2OS/c13-9-10-5-1-3-7-14(10)12(15)11-6-2-4-8-16-11/h10-11H,1-9,13H2. The smallest absolute Gasteiger partial charge is 0.235 e. The molecule has 2 N–H and O–H groups in total. The maximum atomic E-state index is 12.4. The number of carbonyl (C=O) groups excluding carboxylic acids is 1. The Labute approximate surface area is 102 Å². The monoisotopic (exact) mass is 242 g/mol. The van der Waals surface area contributed by atoms with Crippen LogP contribution in [0.2, 0.25) is 0 Å². The van der Waals surface area contributed by atoms with Gasteiger partial charge in [-0.05, 0) is 37.9 Å². The Hall–Kier alpha value is -0.220. The van der Waals surface area contributed by atoms with Crippen LogP contribution in [0.3, 0.4) is 0 Å². The van der Waals surface area contributed by atoms with Gasteiger partial charge in [-0.3, -0.25) is 4.79 Å². The number of hydrogen-bond donors (Lipinski definition) is 1. The second kappa shape index (κ2) is 5.92. The summed E-state index contributed by atoms with van der Waals surface area (Å²) < 4.78 is 0. The SMILES string of the molecule is NCC1CCCCN1C(=O)C1CCCCS1. The van der Waals surface area contributed by atoms with E-state index in [1.165, 1.54) is 19.3 Å². The molecule has 0 aromatic rings. The van der Waals surface area contributed by atoms with Gasteiger partial charge in [-0.1, -0.05) is 6.42 Å². The van der Waals surface area contributed by atoms with E-state index in [9.17, 15) is 4.79 Å². The van der Waals surface area contributed by atoms with Crippen LogP contribution in [0, 0.1) is 0 Å². The van der Waals surface area contributed by atoms with Crippen molar-refractivity contribution in [3.8, 4) is 0 Å². The third kappa shape index (κ3) is 2.72. The van der Waals surface area contributed by atoms with E-state index >= 15 is 0 Å². The molecule has 2 aliphatic heterocycles. The molecule has 92 valence electrons. The zero-order chi connectivity index (χ0) is 11.4. The van der Waals surface area contributed by atoms with Gasteiger partial charge in [-0.25, -0.2) is 0 Å². The highest BCUT2D eigenvalue weighted by atomic mass is 32.2. The first kappa shape index (κ1) is 12.2. The molecule has 0 radical (unpaired) electrons. The molecule has 2 unspecified atom stereocenters. The lowest BCUT2D eigenvalue weighted by Crippen LogP contribution is -2.50. The van der Waals surface area contributed by atoms with E-state index in [0.29, 0.717) is 18.5 Å². The zero-order valence-electron chi connectivity index (χ0n) is 9.86. The molecule has 0 aromatic heterocycles. The molecule has 16 heavy (non-hydrogen) atoms. The Morgan fingerprint density at radius 1 is 1.25 bits per heavy atom. The number of carbonyl (C=O) groups is 1. The van der Waals surface area contributed by atoms with Crippen molar-refractivity contribution < 1.29 is 4.79 Å². The molecule has 2 aliphatic rings. The topological polar surface area (TPSA) is 46.3 Å². The molecule has 0 saturated carbocycles. The van der Waals surface area contributed by atoms with Crippen molar-refractivity contribution in [1.82, 2.24) is 4.90 Å². The number of nitrogens with two attached hydrogens (primary N) is 1. The molecule has 0 bridgehead atoms. The molecular formula is C12H22N2OS. The summed E-state index contributed by atoms with van der Waals surface area (Å²) in [5, 5.41) is 0.223. The summed E-state index contributed by atoms with van der Waals surface area (Å²) in [5.41, 5.74) is 5.76. The highest BCUT2D eigenvalue weighted by molar-refractivity contribution is 8.00. The molecule has 3 nitrogen and oxygen atoms in total. The van der Waals surface area contributed by atoms with Crippen molar-refractivity contribution >= 4 is 17.7 Å². The van der Waals surface area contributed by atoms with Crippen LogP contribution in [-0.4, -0.2) is 40.9 Å². The first-order valence-corrected chi connectivity index (χ1v) is 7.50. The molecule has 4 heteroatoms. The van der Waals surface area contributed by atoms with Crippen molar-refractivity contribution in [2.45, 2.75) is 49.8 Å². The number of amides is 1. The fraction of sp³-hybridized carbons (Fsp3) is 0.917. The predicted octanol–water partition coefficient (Wildman–Crippen LogP) is 1.61. The van der Waals surface area contributed by atoms with Crippen molar-refractivity contribution in [3.05, 3.63) is 0 Å². The maximum absolute atomic E-state index is 12.4. The quantitative estimate of drug-likeness (QED) is 0.800. The Balaban J connectivity index is 1.95. The summed E-state index contributed by atoms with van der Waals surface area (Å²) in [7, 11) is 0. The Kier molecular flexibility index (Phi) is 4.53. The van der Waals surface area contributed by atoms with Crippen LogP contribution < -0.4 is 5.73 Å². The first-order chi connectivity index (χ1) is 7.83. The van der Waals surface area contributed by atoms with Crippen LogP contribution in [-0.2, 0) is 4.79 Å². The molecule has 0 spiro atoms.